The molecule has 1 atom stereocenters. The number of carbonyl (C=O) groups is 1. The predicted molar refractivity (Wildman–Crippen MR) is 89.7 cm³/mol. The Bertz CT molecular complexity index is 848. The first-order valence-electron chi connectivity index (χ1n) is 7.35. The minimum atomic E-state index is -0.673. The highest BCUT2D eigenvalue weighted by atomic mass is 32.2. The highest BCUT2D eigenvalue weighted by Gasteiger charge is 2.15. The number of nitrogens with one attached hydrogen (secondary N) is 2. The van der Waals surface area contributed by atoms with Crippen molar-refractivity contribution < 1.29 is 13.6 Å². The van der Waals surface area contributed by atoms with Gasteiger partial charge in [0.25, 0.3) is 0 Å². The maximum atomic E-state index is 13.7. The summed E-state index contributed by atoms with van der Waals surface area (Å²) in [6.07, 6.45) is 0. The molecule has 2 N–H and O–H groups in total. The van der Waals surface area contributed by atoms with Crippen LogP contribution in [0, 0.1) is 11.6 Å². The van der Waals surface area contributed by atoms with Crippen LogP contribution in [-0.4, -0.2) is 21.6 Å². The number of imidazole rings is 1. The standard InChI is InChI=1S/C17H15F2N3OS/c1-10(12-7-6-11(18)8-13(12)19)20-16(23)9-24-17-21-14-4-2-3-5-15(14)22-17/h2-8,10H,9H2,1H3,(H,20,23)(H,21,22). The van der Waals surface area contributed by atoms with E-state index in [4.69, 9.17) is 0 Å². The molecule has 24 heavy (non-hydrogen) atoms. The van der Waals surface area contributed by atoms with Gasteiger partial charge in [0.1, 0.15) is 11.6 Å². The van der Waals surface area contributed by atoms with Crippen molar-refractivity contribution in [1.29, 1.82) is 0 Å². The van der Waals surface area contributed by atoms with E-state index < -0.39 is 17.7 Å². The maximum absolute atomic E-state index is 13.7. The summed E-state index contributed by atoms with van der Waals surface area (Å²) in [6.45, 7) is 1.65. The van der Waals surface area contributed by atoms with Crippen LogP contribution in [0.1, 0.15) is 18.5 Å². The monoisotopic (exact) mass is 347 g/mol. The van der Waals surface area contributed by atoms with Crippen LogP contribution in [0.2, 0.25) is 0 Å². The van der Waals surface area contributed by atoms with Gasteiger partial charge in [-0.25, -0.2) is 13.8 Å². The molecule has 0 bridgehead atoms. The minimum absolute atomic E-state index is 0.146. The van der Waals surface area contributed by atoms with Gasteiger partial charge in [-0.1, -0.05) is 30.0 Å². The van der Waals surface area contributed by atoms with Crippen LogP contribution >= 0.6 is 11.8 Å². The number of fused-ring (bicyclic) bond motifs is 1. The number of benzene rings is 2. The van der Waals surface area contributed by atoms with Gasteiger partial charge in [-0.2, -0.15) is 0 Å². The van der Waals surface area contributed by atoms with Crippen molar-refractivity contribution in [2.24, 2.45) is 0 Å². The second-order valence-electron chi connectivity index (χ2n) is 5.30. The SMILES string of the molecule is CC(NC(=O)CSc1nc2ccccc2[nH]1)c1ccc(F)cc1F. The number of aromatic nitrogens is 2. The number of thioether (sulfide) groups is 1. The fourth-order valence-electron chi connectivity index (χ4n) is 2.35. The highest BCUT2D eigenvalue weighted by molar-refractivity contribution is 7.99. The molecule has 0 saturated carbocycles. The Hall–Kier alpha value is -2.41. The first kappa shape index (κ1) is 16.4. The number of halogens is 2. The van der Waals surface area contributed by atoms with E-state index in [2.05, 4.69) is 15.3 Å². The van der Waals surface area contributed by atoms with Crippen molar-refractivity contribution in [1.82, 2.24) is 15.3 Å². The molecule has 0 radical (unpaired) electrons. The zero-order chi connectivity index (χ0) is 17.1. The summed E-state index contributed by atoms with van der Waals surface area (Å²) in [5.74, 6) is -1.42. The summed E-state index contributed by atoms with van der Waals surface area (Å²) >= 11 is 1.27. The van der Waals surface area contributed by atoms with Crippen LogP contribution in [0.25, 0.3) is 11.0 Å². The Morgan fingerprint density at radius 3 is 2.83 bits per heavy atom. The largest absolute Gasteiger partial charge is 0.349 e. The van der Waals surface area contributed by atoms with E-state index in [1.807, 2.05) is 24.3 Å². The number of para-hydroxylation sites is 2. The van der Waals surface area contributed by atoms with Crippen molar-refractivity contribution in [3.63, 3.8) is 0 Å². The molecular formula is C17H15F2N3OS. The summed E-state index contributed by atoms with van der Waals surface area (Å²) in [6, 6.07) is 10.4. The minimum Gasteiger partial charge on any atom is -0.349 e. The fourth-order valence-corrected chi connectivity index (χ4v) is 3.04. The summed E-state index contributed by atoms with van der Waals surface area (Å²) in [7, 11) is 0. The quantitative estimate of drug-likeness (QED) is 0.690. The Labute approximate surface area is 141 Å². The highest BCUT2D eigenvalue weighted by Crippen LogP contribution is 2.20. The van der Waals surface area contributed by atoms with Gasteiger partial charge >= 0.3 is 0 Å². The van der Waals surface area contributed by atoms with Crippen LogP contribution in [0.3, 0.4) is 0 Å². The lowest BCUT2D eigenvalue weighted by Gasteiger charge is -2.14. The molecule has 7 heteroatoms. The molecule has 0 aliphatic carbocycles. The maximum Gasteiger partial charge on any atom is 0.230 e. The van der Waals surface area contributed by atoms with Crippen LogP contribution in [-0.2, 0) is 4.79 Å². The van der Waals surface area contributed by atoms with Crippen LogP contribution in [0.4, 0.5) is 8.78 Å². The fraction of sp³-hybridized carbons (Fsp3) is 0.176. The van der Waals surface area contributed by atoms with E-state index in [0.717, 1.165) is 17.1 Å². The molecule has 1 aromatic heterocycles. The molecule has 3 rings (SSSR count). The first-order valence-corrected chi connectivity index (χ1v) is 8.33. The first-order chi connectivity index (χ1) is 11.5. The molecule has 2 aromatic carbocycles. The smallest absolute Gasteiger partial charge is 0.230 e. The van der Waals surface area contributed by atoms with Gasteiger partial charge in [-0.15, -0.1) is 0 Å². The molecule has 0 aliphatic rings. The Morgan fingerprint density at radius 1 is 1.29 bits per heavy atom. The van der Waals surface area contributed by atoms with Gasteiger partial charge in [-0.3, -0.25) is 4.79 Å². The second-order valence-corrected chi connectivity index (χ2v) is 6.27. The number of hydrogen-bond donors (Lipinski definition) is 2. The number of hydrogen-bond acceptors (Lipinski definition) is 3. The summed E-state index contributed by atoms with van der Waals surface area (Å²) in [5.41, 5.74) is 1.99. The van der Waals surface area contributed by atoms with Crippen LogP contribution in [0.5, 0.6) is 0 Å². The number of aromatic amines is 1. The van der Waals surface area contributed by atoms with Crippen molar-refractivity contribution >= 4 is 28.7 Å². The Morgan fingerprint density at radius 2 is 2.08 bits per heavy atom. The molecule has 0 fully saturated rings. The lowest BCUT2D eigenvalue weighted by Crippen LogP contribution is -2.28. The van der Waals surface area contributed by atoms with Crippen molar-refractivity contribution in [3.8, 4) is 0 Å². The van der Waals surface area contributed by atoms with Crippen molar-refractivity contribution in [3.05, 3.63) is 59.7 Å². The third kappa shape index (κ3) is 3.73. The molecule has 4 nitrogen and oxygen atoms in total. The Balaban J connectivity index is 1.58. The number of amides is 1. The molecule has 1 unspecified atom stereocenters. The van der Waals surface area contributed by atoms with Gasteiger partial charge in [0.05, 0.1) is 22.8 Å². The van der Waals surface area contributed by atoms with E-state index in [1.54, 1.807) is 6.92 Å². The third-order valence-corrected chi connectivity index (χ3v) is 4.39. The molecule has 1 heterocycles. The zero-order valence-corrected chi connectivity index (χ0v) is 13.7. The molecule has 0 saturated heterocycles. The summed E-state index contributed by atoms with van der Waals surface area (Å²) in [4.78, 5) is 19.5. The van der Waals surface area contributed by atoms with Crippen molar-refractivity contribution in [2.75, 3.05) is 5.75 Å². The number of carbonyl (C=O) groups excluding carboxylic acids is 1. The van der Waals surface area contributed by atoms with Gasteiger partial charge in [0, 0.05) is 11.6 Å². The second kappa shape index (κ2) is 7.00. The Kier molecular flexibility index (Phi) is 4.80. The lowest BCUT2D eigenvalue weighted by molar-refractivity contribution is -0.119. The topological polar surface area (TPSA) is 57.8 Å². The van der Waals surface area contributed by atoms with E-state index in [-0.39, 0.29) is 17.2 Å². The average molecular weight is 347 g/mol. The average Bonchev–Trinajstić information content (AvgIpc) is 2.95. The summed E-state index contributed by atoms with van der Waals surface area (Å²) in [5, 5.41) is 3.34. The molecule has 1 amide bonds. The number of H-pyrrole nitrogens is 1. The van der Waals surface area contributed by atoms with E-state index in [1.165, 1.54) is 23.9 Å². The van der Waals surface area contributed by atoms with Gasteiger partial charge in [0.15, 0.2) is 5.16 Å². The lowest BCUT2D eigenvalue weighted by atomic mass is 10.1. The molecule has 0 aliphatic heterocycles. The van der Waals surface area contributed by atoms with Gasteiger partial charge in [-0.05, 0) is 25.1 Å². The number of rotatable bonds is 5. The van der Waals surface area contributed by atoms with Gasteiger partial charge in [0.2, 0.25) is 5.91 Å². The molecule has 0 spiro atoms. The predicted octanol–water partition coefficient (Wildman–Crippen LogP) is 3.81. The third-order valence-electron chi connectivity index (χ3n) is 3.51. The van der Waals surface area contributed by atoms with Crippen LogP contribution < -0.4 is 5.32 Å². The molecule has 3 aromatic rings. The van der Waals surface area contributed by atoms with E-state index in [0.29, 0.717) is 5.16 Å². The van der Waals surface area contributed by atoms with Gasteiger partial charge < -0.3 is 10.3 Å². The summed E-state index contributed by atoms with van der Waals surface area (Å²) < 4.78 is 26.6. The molecule has 124 valence electrons. The van der Waals surface area contributed by atoms with Crippen molar-refractivity contribution in [2.45, 2.75) is 18.1 Å². The van der Waals surface area contributed by atoms with Crippen LogP contribution in [0.15, 0.2) is 47.6 Å². The normalized spacial score (nSPS) is 12.3. The zero-order valence-electron chi connectivity index (χ0n) is 12.8. The molecular weight excluding hydrogens is 332 g/mol. The van der Waals surface area contributed by atoms with E-state index >= 15 is 0 Å². The van der Waals surface area contributed by atoms with E-state index in [9.17, 15) is 13.6 Å². The number of nitrogens with zero attached hydrogens (tertiary/aromatic N) is 1.